The van der Waals surface area contributed by atoms with Crippen LogP contribution in [0.25, 0.3) is 0 Å². The van der Waals surface area contributed by atoms with Gasteiger partial charge in [-0.2, -0.15) is 0 Å². The van der Waals surface area contributed by atoms with Crippen LogP contribution in [0.15, 0.2) is 0 Å². The molecule has 0 aromatic heterocycles. The zero-order chi connectivity index (χ0) is 13.3. The molecule has 0 aromatic rings. The number of hydrogen-bond donors (Lipinski definition) is 0. The Morgan fingerprint density at radius 1 is 1.28 bits per heavy atom. The molecule has 6 heteroatoms. The van der Waals surface area contributed by atoms with Gasteiger partial charge in [-0.3, -0.25) is 14.5 Å². The quantitative estimate of drug-likeness (QED) is 0.650. The molecule has 0 radical (unpaired) electrons. The van der Waals surface area contributed by atoms with Gasteiger partial charge in [0.05, 0.1) is 7.11 Å². The van der Waals surface area contributed by atoms with E-state index in [4.69, 9.17) is 9.47 Å². The lowest BCUT2D eigenvalue weighted by molar-refractivity contribution is -0.159. The van der Waals surface area contributed by atoms with Gasteiger partial charge in [-0.05, 0) is 19.3 Å². The highest BCUT2D eigenvalue weighted by Crippen LogP contribution is 2.34. The van der Waals surface area contributed by atoms with Crippen LogP contribution < -0.4 is 0 Å². The predicted molar refractivity (Wildman–Crippen MR) is 60.8 cm³/mol. The Balaban J connectivity index is 2.24. The molecule has 2 heterocycles. The Kier molecular flexibility index (Phi) is 3.54. The van der Waals surface area contributed by atoms with Gasteiger partial charge in [0.15, 0.2) is 5.78 Å². The minimum absolute atomic E-state index is 0.0203. The normalized spacial score (nSPS) is 30.9. The van der Waals surface area contributed by atoms with Crippen molar-refractivity contribution in [3.63, 3.8) is 0 Å². The number of carbonyl (C=O) groups is 3. The van der Waals surface area contributed by atoms with Gasteiger partial charge in [0.1, 0.15) is 12.1 Å². The number of amides is 1. The van der Waals surface area contributed by atoms with E-state index in [2.05, 4.69) is 0 Å². The van der Waals surface area contributed by atoms with Crippen molar-refractivity contribution in [1.29, 1.82) is 0 Å². The third kappa shape index (κ3) is 2.19. The summed E-state index contributed by atoms with van der Waals surface area (Å²) >= 11 is 0. The molecule has 18 heavy (non-hydrogen) atoms. The first-order valence-corrected chi connectivity index (χ1v) is 6.10. The number of hydrogen-bond acceptors (Lipinski definition) is 5. The summed E-state index contributed by atoms with van der Waals surface area (Å²) in [5, 5.41) is 0. The van der Waals surface area contributed by atoms with Gasteiger partial charge in [0, 0.05) is 19.4 Å². The molecule has 100 valence electrons. The summed E-state index contributed by atoms with van der Waals surface area (Å²) in [5.41, 5.74) is 0. The van der Waals surface area contributed by atoms with Gasteiger partial charge in [0.25, 0.3) is 0 Å². The van der Waals surface area contributed by atoms with Crippen LogP contribution in [-0.4, -0.2) is 48.0 Å². The van der Waals surface area contributed by atoms with Crippen LogP contribution in [0.3, 0.4) is 0 Å². The van der Waals surface area contributed by atoms with Crippen LogP contribution in [0.2, 0.25) is 0 Å². The molecule has 2 rings (SSSR count). The molecular formula is C12H17NO5. The van der Waals surface area contributed by atoms with E-state index >= 15 is 0 Å². The Morgan fingerprint density at radius 2 is 2.00 bits per heavy atom. The number of ketones is 1. The number of esters is 1. The highest BCUT2D eigenvalue weighted by molar-refractivity contribution is 5.90. The van der Waals surface area contributed by atoms with Crippen molar-refractivity contribution in [2.75, 3.05) is 7.11 Å². The van der Waals surface area contributed by atoms with Crippen molar-refractivity contribution in [3.8, 4) is 0 Å². The topological polar surface area (TPSA) is 72.9 Å². The van der Waals surface area contributed by atoms with Crippen molar-refractivity contribution >= 4 is 17.8 Å². The van der Waals surface area contributed by atoms with Crippen LogP contribution in [0.5, 0.6) is 0 Å². The zero-order valence-electron chi connectivity index (χ0n) is 10.5. The number of Topliss-reactive ketones (excluding diaryl/α,β-unsaturated/α-hetero) is 1. The Hall–Kier alpha value is -1.59. The highest BCUT2D eigenvalue weighted by atomic mass is 16.6. The van der Waals surface area contributed by atoms with Crippen LogP contribution >= 0.6 is 0 Å². The average molecular weight is 255 g/mol. The second kappa shape index (κ2) is 4.96. The number of piperidine rings is 2. The first kappa shape index (κ1) is 12.9. The molecule has 2 bridgehead atoms. The third-order valence-electron chi connectivity index (χ3n) is 3.59. The largest absolute Gasteiger partial charge is 0.460 e. The number of nitrogens with zero attached hydrogens (tertiary/aromatic N) is 1. The second-order valence-corrected chi connectivity index (χ2v) is 4.71. The van der Waals surface area contributed by atoms with E-state index in [0.29, 0.717) is 19.3 Å². The number of fused-ring (bicyclic) bond motifs is 2. The molecule has 0 unspecified atom stereocenters. The molecule has 1 amide bonds. The van der Waals surface area contributed by atoms with Gasteiger partial charge >= 0.3 is 12.1 Å². The lowest BCUT2D eigenvalue weighted by Gasteiger charge is -2.47. The molecule has 0 spiro atoms. The summed E-state index contributed by atoms with van der Waals surface area (Å²) in [5.74, 6) is -0.482. The summed E-state index contributed by atoms with van der Waals surface area (Å²) in [6.07, 6.45) is 1.39. The fourth-order valence-electron chi connectivity index (χ4n) is 2.87. The molecule has 2 fully saturated rings. The molecule has 2 aliphatic heterocycles. The minimum Gasteiger partial charge on any atom is -0.460 e. The van der Waals surface area contributed by atoms with Crippen molar-refractivity contribution in [2.24, 2.45) is 0 Å². The summed E-state index contributed by atoms with van der Waals surface area (Å²) < 4.78 is 9.89. The number of methoxy groups -OCH3 is 1. The van der Waals surface area contributed by atoms with Crippen LogP contribution in [0.1, 0.15) is 32.6 Å². The molecule has 0 N–H and O–H groups in total. The SMILES string of the molecule is COC(=O)N1[C@H]2CCC(=O)[C@@H]1[C@H](OC(C)=O)CC2. The number of rotatable bonds is 1. The van der Waals surface area contributed by atoms with E-state index in [1.807, 2.05) is 0 Å². The zero-order valence-corrected chi connectivity index (χ0v) is 10.5. The van der Waals surface area contributed by atoms with E-state index in [1.165, 1.54) is 18.9 Å². The molecule has 0 aliphatic carbocycles. The molecule has 2 saturated heterocycles. The smallest absolute Gasteiger partial charge is 0.410 e. The molecule has 2 aliphatic rings. The molecule has 6 nitrogen and oxygen atoms in total. The molecule has 0 saturated carbocycles. The first-order chi connectivity index (χ1) is 8.54. The van der Waals surface area contributed by atoms with Crippen molar-refractivity contribution < 1.29 is 23.9 Å². The maximum atomic E-state index is 12.0. The average Bonchev–Trinajstić information content (AvgIpc) is 2.34. The van der Waals surface area contributed by atoms with Crippen molar-refractivity contribution in [2.45, 2.75) is 50.8 Å². The Morgan fingerprint density at radius 3 is 2.61 bits per heavy atom. The fraction of sp³-hybridized carbons (Fsp3) is 0.750. The minimum atomic E-state index is -0.672. The second-order valence-electron chi connectivity index (χ2n) is 4.71. The molecular weight excluding hydrogens is 238 g/mol. The highest BCUT2D eigenvalue weighted by Gasteiger charge is 2.48. The standard InChI is InChI=1S/C12H17NO5/c1-7(14)18-10-6-4-8-3-5-9(15)11(10)13(8)12(16)17-2/h8,10-11H,3-6H2,1-2H3/t8-,10+,11+/m0/s1. The maximum Gasteiger partial charge on any atom is 0.410 e. The van der Waals surface area contributed by atoms with E-state index in [0.717, 1.165) is 6.42 Å². The van der Waals surface area contributed by atoms with Crippen molar-refractivity contribution in [3.05, 3.63) is 0 Å². The van der Waals surface area contributed by atoms with Crippen molar-refractivity contribution in [1.82, 2.24) is 4.90 Å². The lowest BCUT2D eigenvalue weighted by Crippen LogP contribution is -2.62. The van der Waals surface area contributed by atoms with Crippen LogP contribution in [-0.2, 0) is 19.1 Å². The van der Waals surface area contributed by atoms with Gasteiger partial charge in [-0.1, -0.05) is 0 Å². The van der Waals surface area contributed by atoms with E-state index < -0.39 is 24.2 Å². The van der Waals surface area contributed by atoms with E-state index in [1.54, 1.807) is 0 Å². The van der Waals surface area contributed by atoms with Crippen LogP contribution in [0, 0.1) is 0 Å². The summed E-state index contributed by atoms with van der Waals surface area (Å²) in [7, 11) is 1.29. The van der Waals surface area contributed by atoms with Gasteiger partial charge in [0.2, 0.25) is 0 Å². The Bertz CT molecular complexity index is 381. The van der Waals surface area contributed by atoms with E-state index in [9.17, 15) is 14.4 Å². The number of carbonyl (C=O) groups excluding carboxylic acids is 3. The predicted octanol–water partition coefficient (Wildman–Crippen LogP) is 0.880. The third-order valence-corrected chi connectivity index (χ3v) is 3.59. The van der Waals surface area contributed by atoms with Gasteiger partial charge < -0.3 is 9.47 Å². The number of ether oxygens (including phenoxy) is 2. The lowest BCUT2D eigenvalue weighted by atomic mass is 9.82. The summed E-state index contributed by atoms with van der Waals surface area (Å²) in [6.45, 7) is 1.31. The van der Waals surface area contributed by atoms with Gasteiger partial charge in [-0.25, -0.2) is 4.79 Å². The Labute approximate surface area is 105 Å². The van der Waals surface area contributed by atoms with E-state index in [-0.39, 0.29) is 11.8 Å². The summed E-state index contributed by atoms with van der Waals surface area (Å²) in [4.78, 5) is 36.3. The summed E-state index contributed by atoms with van der Waals surface area (Å²) in [6, 6.07) is -0.652. The maximum absolute atomic E-state index is 12.0. The monoisotopic (exact) mass is 255 g/mol. The van der Waals surface area contributed by atoms with Crippen LogP contribution in [0.4, 0.5) is 4.79 Å². The molecule has 3 atom stereocenters. The first-order valence-electron chi connectivity index (χ1n) is 6.10. The molecule has 0 aromatic carbocycles. The van der Waals surface area contributed by atoms with Gasteiger partial charge in [-0.15, -0.1) is 0 Å². The fourth-order valence-corrected chi connectivity index (χ4v) is 2.87.